The molecule has 0 atom stereocenters. The molecule has 0 amide bonds. The third-order valence-electron chi connectivity index (χ3n) is 3.21. The molecule has 0 saturated carbocycles. The number of anilines is 2. The third-order valence-corrected chi connectivity index (χ3v) is 3.21. The lowest BCUT2D eigenvalue weighted by atomic mass is 10.0. The van der Waals surface area contributed by atoms with Crippen molar-refractivity contribution in [2.75, 3.05) is 30.3 Å². The molecule has 18 heavy (non-hydrogen) atoms. The summed E-state index contributed by atoms with van der Waals surface area (Å²) >= 11 is 0. The van der Waals surface area contributed by atoms with Crippen molar-refractivity contribution >= 4 is 17.2 Å². The average molecular weight is 248 g/mol. The van der Waals surface area contributed by atoms with Crippen molar-refractivity contribution in [1.82, 2.24) is 0 Å². The van der Waals surface area contributed by atoms with Crippen LogP contribution in [0.4, 0.5) is 11.4 Å². The number of ketones is 1. The minimum atomic E-state index is -0.157. The molecule has 2 rings (SSSR count). The Morgan fingerprint density at radius 3 is 2.78 bits per heavy atom. The molecule has 0 unspecified atom stereocenters. The Balaban J connectivity index is 2.28. The van der Waals surface area contributed by atoms with Crippen LogP contribution in [0.3, 0.4) is 0 Å². The summed E-state index contributed by atoms with van der Waals surface area (Å²) in [5, 5.41) is 0. The van der Waals surface area contributed by atoms with Gasteiger partial charge >= 0.3 is 0 Å². The summed E-state index contributed by atoms with van der Waals surface area (Å²) < 4.78 is 5.69. The standard InChI is InChI=1S/C14H20N2O2/c1-10(17)12-8-11(4-5-13(12)15)16-6-7-18-14(2,3)9-16/h4-5,8H,6-7,9,15H2,1-3H3. The van der Waals surface area contributed by atoms with Crippen molar-refractivity contribution in [2.45, 2.75) is 26.4 Å². The first kappa shape index (κ1) is 12.9. The van der Waals surface area contributed by atoms with E-state index in [1.165, 1.54) is 0 Å². The fourth-order valence-electron chi connectivity index (χ4n) is 2.28. The van der Waals surface area contributed by atoms with Gasteiger partial charge in [-0.15, -0.1) is 0 Å². The number of carbonyl (C=O) groups excluding carboxylic acids is 1. The van der Waals surface area contributed by atoms with Crippen LogP contribution in [0, 0.1) is 0 Å². The number of nitrogen functional groups attached to an aromatic ring is 1. The fourth-order valence-corrected chi connectivity index (χ4v) is 2.28. The maximum Gasteiger partial charge on any atom is 0.161 e. The number of rotatable bonds is 2. The molecule has 1 aliphatic heterocycles. The van der Waals surface area contributed by atoms with E-state index in [9.17, 15) is 4.79 Å². The lowest BCUT2D eigenvalue weighted by Gasteiger charge is -2.39. The highest BCUT2D eigenvalue weighted by Crippen LogP contribution is 2.26. The lowest BCUT2D eigenvalue weighted by Crippen LogP contribution is -2.48. The van der Waals surface area contributed by atoms with Crippen molar-refractivity contribution in [3.8, 4) is 0 Å². The number of hydrogen-bond donors (Lipinski definition) is 1. The monoisotopic (exact) mass is 248 g/mol. The van der Waals surface area contributed by atoms with E-state index in [0.717, 1.165) is 18.8 Å². The quantitative estimate of drug-likeness (QED) is 0.643. The normalized spacial score (nSPS) is 18.7. The maximum atomic E-state index is 11.5. The van der Waals surface area contributed by atoms with Crippen LogP contribution < -0.4 is 10.6 Å². The predicted octanol–water partition coefficient (Wildman–Crippen LogP) is 2.09. The van der Waals surface area contributed by atoms with E-state index in [1.54, 1.807) is 13.0 Å². The summed E-state index contributed by atoms with van der Waals surface area (Å²) in [6.45, 7) is 8.04. The molecule has 0 aliphatic carbocycles. The van der Waals surface area contributed by atoms with E-state index in [4.69, 9.17) is 10.5 Å². The van der Waals surface area contributed by atoms with Crippen molar-refractivity contribution < 1.29 is 9.53 Å². The van der Waals surface area contributed by atoms with Gasteiger partial charge in [0.25, 0.3) is 0 Å². The molecule has 1 saturated heterocycles. The summed E-state index contributed by atoms with van der Waals surface area (Å²) in [5.41, 5.74) is 7.82. The Bertz CT molecular complexity index is 469. The van der Waals surface area contributed by atoms with Crippen molar-refractivity contribution in [2.24, 2.45) is 0 Å². The van der Waals surface area contributed by atoms with Gasteiger partial charge in [-0.2, -0.15) is 0 Å². The largest absolute Gasteiger partial charge is 0.398 e. The van der Waals surface area contributed by atoms with Gasteiger partial charge in [-0.3, -0.25) is 4.79 Å². The Morgan fingerprint density at radius 1 is 1.44 bits per heavy atom. The van der Waals surface area contributed by atoms with E-state index in [-0.39, 0.29) is 11.4 Å². The van der Waals surface area contributed by atoms with E-state index >= 15 is 0 Å². The third kappa shape index (κ3) is 2.64. The number of benzene rings is 1. The van der Waals surface area contributed by atoms with Crippen molar-refractivity contribution in [1.29, 1.82) is 0 Å². The number of nitrogens with zero attached hydrogens (tertiary/aromatic N) is 1. The molecular weight excluding hydrogens is 228 g/mol. The Hall–Kier alpha value is -1.55. The second-order valence-corrected chi connectivity index (χ2v) is 5.36. The molecule has 0 radical (unpaired) electrons. The molecule has 98 valence electrons. The van der Waals surface area contributed by atoms with Crippen LogP contribution in [0.5, 0.6) is 0 Å². The van der Waals surface area contributed by atoms with Gasteiger partial charge in [0.15, 0.2) is 5.78 Å². The minimum Gasteiger partial charge on any atom is -0.398 e. The molecule has 4 nitrogen and oxygen atoms in total. The van der Waals surface area contributed by atoms with Gasteiger partial charge in [0.2, 0.25) is 0 Å². The Labute approximate surface area is 108 Å². The van der Waals surface area contributed by atoms with Crippen LogP contribution in [-0.2, 0) is 4.74 Å². The van der Waals surface area contributed by atoms with Crippen LogP contribution in [0.1, 0.15) is 31.1 Å². The zero-order chi connectivity index (χ0) is 13.3. The van der Waals surface area contributed by atoms with Gasteiger partial charge in [-0.1, -0.05) is 0 Å². The smallest absolute Gasteiger partial charge is 0.161 e. The number of hydrogen-bond acceptors (Lipinski definition) is 4. The van der Waals surface area contributed by atoms with Crippen molar-refractivity contribution in [3.63, 3.8) is 0 Å². The number of Topliss-reactive ketones (excluding diaryl/α,β-unsaturated/α-hetero) is 1. The van der Waals surface area contributed by atoms with Crippen LogP contribution in [0.25, 0.3) is 0 Å². The molecule has 4 heteroatoms. The molecule has 1 aromatic carbocycles. The van der Waals surface area contributed by atoms with Crippen LogP contribution in [-0.4, -0.2) is 31.1 Å². The first-order chi connectivity index (χ1) is 8.39. The fraction of sp³-hybridized carbons (Fsp3) is 0.500. The zero-order valence-corrected chi connectivity index (χ0v) is 11.2. The second-order valence-electron chi connectivity index (χ2n) is 5.36. The molecule has 0 bridgehead atoms. The molecule has 0 spiro atoms. The Morgan fingerprint density at radius 2 is 2.17 bits per heavy atom. The maximum absolute atomic E-state index is 11.5. The molecule has 2 N–H and O–H groups in total. The molecular formula is C14H20N2O2. The number of morpholine rings is 1. The van der Waals surface area contributed by atoms with Crippen LogP contribution in [0.15, 0.2) is 18.2 Å². The van der Waals surface area contributed by atoms with Gasteiger partial charge < -0.3 is 15.4 Å². The predicted molar refractivity (Wildman–Crippen MR) is 73.1 cm³/mol. The zero-order valence-electron chi connectivity index (χ0n) is 11.2. The van der Waals surface area contributed by atoms with Gasteiger partial charge in [0, 0.05) is 30.0 Å². The summed E-state index contributed by atoms with van der Waals surface area (Å²) in [5.74, 6) is 0.00173. The highest BCUT2D eigenvalue weighted by Gasteiger charge is 2.27. The average Bonchev–Trinajstić information content (AvgIpc) is 2.27. The van der Waals surface area contributed by atoms with Gasteiger partial charge in [-0.05, 0) is 39.0 Å². The number of carbonyl (C=O) groups is 1. The molecule has 1 aliphatic rings. The van der Waals surface area contributed by atoms with Crippen molar-refractivity contribution in [3.05, 3.63) is 23.8 Å². The Kier molecular flexibility index (Phi) is 3.30. The summed E-state index contributed by atoms with van der Waals surface area (Å²) in [7, 11) is 0. The van der Waals surface area contributed by atoms with Gasteiger partial charge in [0.05, 0.1) is 12.2 Å². The van der Waals surface area contributed by atoms with E-state index in [2.05, 4.69) is 18.7 Å². The SMILES string of the molecule is CC(=O)c1cc(N2CCOC(C)(C)C2)ccc1N. The lowest BCUT2D eigenvalue weighted by molar-refractivity contribution is -0.0276. The highest BCUT2D eigenvalue weighted by atomic mass is 16.5. The molecule has 0 aromatic heterocycles. The van der Waals surface area contributed by atoms with Crippen LogP contribution >= 0.6 is 0 Å². The number of ether oxygens (including phenoxy) is 1. The topological polar surface area (TPSA) is 55.6 Å². The first-order valence-corrected chi connectivity index (χ1v) is 6.18. The highest BCUT2D eigenvalue weighted by molar-refractivity contribution is 6.00. The van der Waals surface area contributed by atoms with E-state index in [0.29, 0.717) is 17.9 Å². The van der Waals surface area contributed by atoms with Gasteiger partial charge in [0.1, 0.15) is 0 Å². The van der Waals surface area contributed by atoms with E-state index in [1.807, 2.05) is 12.1 Å². The summed E-state index contributed by atoms with van der Waals surface area (Å²) in [4.78, 5) is 13.7. The van der Waals surface area contributed by atoms with Crippen LogP contribution in [0.2, 0.25) is 0 Å². The van der Waals surface area contributed by atoms with E-state index < -0.39 is 0 Å². The summed E-state index contributed by atoms with van der Waals surface area (Å²) in [6, 6.07) is 5.64. The number of nitrogens with two attached hydrogens (primary N) is 1. The minimum absolute atomic E-state index is 0.00173. The van der Waals surface area contributed by atoms with Gasteiger partial charge in [-0.25, -0.2) is 0 Å². The molecule has 1 aromatic rings. The molecule has 1 fully saturated rings. The first-order valence-electron chi connectivity index (χ1n) is 6.18. The second kappa shape index (κ2) is 4.61. The molecule has 1 heterocycles. The summed E-state index contributed by atoms with van der Waals surface area (Å²) in [6.07, 6.45) is 0.